The van der Waals surface area contributed by atoms with Gasteiger partial charge in [0.15, 0.2) is 11.6 Å². The van der Waals surface area contributed by atoms with Crippen LogP contribution in [-0.4, -0.2) is 21.9 Å². The van der Waals surface area contributed by atoms with Crippen molar-refractivity contribution in [1.82, 2.24) is 14.8 Å². The Kier molecular flexibility index (Phi) is 2.18. The van der Waals surface area contributed by atoms with Gasteiger partial charge in [0.05, 0.1) is 19.5 Å². The summed E-state index contributed by atoms with van der Waals surface area (Å²) in [6.07, 6.45) is 5.25. The molecule has 0 saturated heterocycles. The van der Waals surface area contributed by atoms with Gasteiger partial charge in [0.1, 0.15) is 0 Å². The largest absolute Gasteiger partial charge is 0.493 e. The summed E-state index contributed by atoms with van der Waals surface area (Å²) in [4.78, 5) is 4.24. The Morgan fingerprint density at radius 3 is 2.71 bits per heavy atom. The number of nitrogens with zero attached hydrogens (tertiary/aromatic N) is 3. The monoisotopic (exact) mass is 189 g/mol. The Morgan fingerprint density at radius 2 is 2.14 bits per heavy atom. The summed E-state index contributed by atoms with van der Waals surface area (Å²) < 4.78 is 6.71. The minimum Gasteiger partial charge on any atom is -0.493 e. The molecule has 0 fully saturated rings. The summed E-state index contributed by atoms with van der Waals surface area (Å²) in [5.41, 5.74) is 1.13. The van der Waals surface area contributed by atoms with Crippen molar-refractivity contribution in [3.63, 3.8) is 0 Å². The highest BCUT2D eigenvalue weighted by molar-refractivity contribution is 5.26. The Labute approximate surface area is 82.2 Å². The lowest BCUT2D eigenvalue weighted by Gasteiger charge is -1.99. The molecule has 72 valence electrons. The molecular formula is C10H11N3O. The predicted molar refractivity (Wildman–Crippen MR) is 52.6 cm³/mol. The lowest BCUT2D eigenvalue weighted by Crippen LogP contribution is -1.97. The third-order valence-corrected chi connectivity index (χ3v) is 1.93. The quantitative estimate of drug-likeness (QED) is 0.720. The summed E-state index contributed by atoms with van der Waals surface area (Å²) in [5.74, 6) is 1.52. The van der Waals surface area contributed by atoms with Crippen LogP contribution in [0.4, 0.5) is 0 Å². The molecule has 2 heterocycles. The van der Waals surface area contributed by atoms with Gasteiger partial charge < -0.3 is 4.74 Å². The zero-order valence-corrected chi connectivity index (χ0v) is 8.14. The first kappa shape index (κ1) is 8.74. The zero-order chi connectivity index (χ0) is 9.97. The molecule has 0 bridgehead atoms. The Balaban J connectivity index is 2.34. The van der Waals surface area contributed by atoms with Crippen LogP contribution in [0.25, 0.3) is 5.82 Å². The summed E-state index contributed by atoms with van der Waals surface area (Å²) in [7, 11) is 1.62. The number of methoxy groups -OCH3 is 1. The normalized spacial score (nSPS) is 10.1. The van der Waals surface area contributed by atoms with Gasteiger partial charge in [0.2, 0.25) is 0 Å². The van der Waals surface area contributed by atoms with E-state index in [0.29, 0.717) is 0 Å². The second-order valence-electron chi connectivity index (χ2n) is 3.02. The maximum Gasteiger partial charge on any atom is 0.157 e. The molecule has 2 rings (SSSR count). The number of ether oxygens (including phenoxy) is 1. The number of hydrogen-bond acceptors (Lipinski definition) is 3. The van der Waals surface area contributed by atoms with Crippen LogP contribution in [-0.2, 0) is 0 Å². The van der Waals surface area contributed by atoms with Crippen LogP contribution in [0.2, 0.25) is 0 Å². The van der Waals surface area contributed by atoms with Crippen molar-refractivity contribution < 1.29 is 4.74 Å². The van der Waals surface area contributed by atoms with E-state index in [1.807, 2.05) is 25.3 Å². The molecule has 0 N–H and O–H groups in total. The number of pyridine rings is 1. The lowest BCUT2D eigenvalue weighted by molar-refractivity contribution is 0.414. The van der Waals surface area contributed by atoms with E-state index in [1.165, 1.54) is 0 Å². The van der Waals surface area contributed by atoms with Crippen LogP contribution in [0, 0.1) is 6.92 Å². The van der Waals surface area contributed by atoms with E-state index in [1.54, 1.807) is 24.2 Å². The average molecular weight is 189 g/mol. The average Bonchev–Trinajstić information content (AvgIpc) is 2.67. The van der Waals surface area contributed by atoms with E-state index >= 15 is 0 Å². The fourth-order valence-corrected chi connectivity index (χ4v) is 1.13. The van der Waals surface area contributed by atoms with Gasteiger partial charge in [-0.3, -0.25) is 0 Å². The van der Waals surface area contributed by atoms with Gasteiger partial charge in [-0.15, -0.1) is 0 Å². The van der Waals surface area contributed by atoms with Crippen LogP contribution >= 0.6 is 0 Å². The van der Waals surface area contributed by atoms with Gasteiger partial charge in [-0.25, -0.2) is 9.67 Å². The van der Waals surface area contributed by atoms with Crippen molar-refractivity contribution in [3.05, 3.63) is 36.3 Å². The molecule has 2 aromatic rings. The number of aromatic nitrogens is 3. The molecule has 0 amide bonds. The molecule has 14 heavy (non-hydrogen) atoms. The Hall–Kier alpha value is -1.84. The molecule has 4 heteroatoms. The van der Waals surface area contributed by atoms with E-state index in [-0.39, 0.29) is 0 Å². The molecule has 0 aliphatic carbocycles. The topological polar surface area (TPSA) is 39.9 Å². The van der Waals surface area contributed by atoms with Crippen molar-refractivity contribution in [3.8, 4) is 11.6 Å². The summed E-state index contributed by atoms with van der Waals surface area (Å²) in [6.45, 7) is 2.00. The summed E-state index contributed by atoms with van der Waals surface area (Å²) in [6, 6.07) is 3.91. The van der Waals surface area contributed by atoms with Gasteiger partial charge in [-0.2, -0.15) is 5.10 Å². The first-order valence-electron chi connectivity index (χ1n) is 4.31. The van der Waals surface area contributed by atoms with Gasteiger partial charge in [0.25, 0.3) is 0 Å². The van der Waals surface area contributed by atoms with E-state index < -0.39 is 0 Å². The Morgan fingerprint density at radius 1 is 1.29 bits per heavy atom. The highest BCUT2D eigenvalue weighted by Gasteiger charge is 2.00. The van der Waals surface area contributed by atoms with Gasteiger partial charge in [-0.1, -0.05) is 6.07 Å². The van der Waals surface area contributed by atoms with E-state index in [2.05, 4.69) is 10.1 Å². The van der Waals surface area contributed by atoms with E-state index in [4.69, 9.17) is 4.74 Å². The summed E-state index contributed by atoms with van der Waals surface area (Å²) >= 11 is 0. The van der Waals surface area contributed by atoms with Crippen LogP contribution in [0.5, 0.6) is 5.75 Å². The third-order valence-electron chi connectivity index (χ3n) is 1.93. The fourth-order valence-electron chi connectivity index (χ4n) is 1.13. The minimum atomic E-state index is 0.729. The fraction of sp³-hybridized carbons (Fsp3) is 0.200. The molecule has 0 spiro atoms. The Bertz CT molecular complexity index is 419. The number of hydrogen-bond donors (Lipinski definition) is 0. The molecular weight excluding hydrogens is 178 g/mol. The van der Waals surface area contributed by atoms with Gasteiger partial charge >= 0.3 is 0 Å². The number of rotatable bonds is 2. The highest BCUT2D eigenvalue weighted by Crippen LogP contribution is 2.11. The SMILES string of the molecule is COc1cnn(-c2ccc(C)cn2)c1. The zero-order valence-electron chi connectivity index (χ0n) is 8.14. The van der Waals surface area contributed by atoms with Crippen LogP contribution in [0.15, 0.2) is 30.7 Å². The second-order valence-corrected chi connectivity index (χ2v) is 3.02. The van der Waals surface area contributed by atoms with Crippen molar-refractivity contribution >= 4 is 0 Å². The van der Waals surface area contributed by atoms with Crippen molar-refractivity contribution in [2.45, 2.75) is 6.92 Å². The van der Waals surface area contributed by atoms with Crippen LogP contribution < -0.4 is 4.74 Å². The lowest BCUT2D eigenvalue weighted by atomic mass is 10.3. The molecule has 4 nitrogen and oxygen atoms in total. The van der Waals surface area contributed by atoms with Crippen molar-refractivity contribution in [2.24, 2.45) is 0 Å². The number of aryl methyl sites for hydroxylation is 1. The molecule has 0 saturated carbocycles. The molecule has 0 aromatic carbocycles. The first-order valence-corrected chi connectivity index (χ1v) is 4.31. The van der Waals surface area contributed by atoms with Crippen molar-refractivity contribution in [2.75, 3.05) is 7.11 Å². The van der Waals surface area contributed by atoms with E-state index in [0.717, 1.165) is 17.1 Å². The maximum atomic E-state index is 5.03. The van der Waals surface area contributed by atoms with Crippen LogP contribution in [0.3, 0.4) is 0 Å². The maximum absolute atomic E-state index is 5.03. The van der Waals surface area contributed by atoms with Crippen molar-refractivity contribution in [1.29, 1.82) is 0 Å². The van der Waals surface area contributed by atoms with Crippen LogP contribution in [0.1, 0.15) is 5.56 Å². The third kappa shape index (κ3) is 1.59. The van der Waals surface area contributed by atoms with E-state index in [9.17, 15) is 0 Å². The second kappa shape index (κ2) is 3.49. The first-order chi connectivity index (χ1) is 6.79. The standard InChI is InChI=1S/C10H11N3O/c1-8-3-4-10(11-5-8)13-7-9(14-2)6-12-13/h3-7H,1-2H3. The molecule has 2 aromatic heterocycles. The molecule has 0 radical (unpaired) electrons. The van der Waals surface area contributed by atoms with Gasteiger partial charge in [0, 0.05) is 6.20 Å². The smallest absolute Gasteiger partial charge is 0.157 e. The molecule has 0 atom stereocenters. The highest BCUT2D eigenvalue weighted by atomic mass is 16.5. The molecule has 0 aliphatic heterocycles. The minimum absolute atomic E-state index is 0.729. The predicted octanol–water partition coefficient (Wildman–Crippen LogP) is 1.58. The molecule has 0 aliphatic rings. The van der Waals surface area contributed by atoms with Gasteiger partial charge in [-0.05, 0) is 18.6 Å². The molecule has 0 unspecified atom stereocenters. The summed E-state index contributed by atoms with van der Waals surface area (Å²) in [5, 5.41) is 4.12.